The Labute approximate surface area is 125 Å². The molecule has 1 fully saturated rings. The van der Waals surface area contributed by atoms with Gasteiger partial charge in [0.15, 0.2) is 0 Å². The normalized spacial score (nSPS) is 24.6. The van der Waals surface area contributed by atoms with E-state index in [2.05, 4.69) is 51.2 Å². The highest BCUT2D eigenvalue weighted by Crippen LogP contribution is 2.38. The Morgan fingerprint density at radius 2 is 2.05 bits per heavy atom. The van der Waals surface area contributed by atoms with Gasteiger partial charge in [-0.2, -0.15) is 0 Å². The van der Waals surface area contributed by atoms with Gasteiger partial charge in [0.2, 0.25) is 0 Å². The van der Waals surface area contributed by atoms with Crippen molar-refractivity contribution in [2.24, 2.45) is 11.8 Å². The molecule has 0 radical (unpaired) electrons. The lowest BCUT2D eigenvalue weighted by molar-refractivity contribution is 0.223. The number of aryl methyl sites for hydroxylation is 2. The van der Waals surface area contributed by atoms with Crippen molar-refractivity contribution in [2.75, 3.05) is 6.54 Å². The Hall–Kier alpha value is -0.820. The third kappa shape index (κ3) is 3.85. The highest BCUT2D eigenvalue weighted by molar-refractivity contribution is 5.33. The molecule has 0 saturated heterocycles. The van der Waals surface area contributed by atoms with Gasteiger partial charge in [-0.05, 0) is 62.6 Å². The van der Waals surface area contributed by atoms with E-state index >= 15 is 0 Å². The maximum atomic E-state index is 3.84. The Kier molecular flexibility index (Phi) is 5.65. The third-order valence-corrected chi connectivity index (χ3v) is 4.83. The molecule has 2 rings (SSSR count). The minimum Gasteiger partial charge on any atom is -0.310 e. The van der Waals surface area contributed by atoms with Crippen LogP contribution >= 0.6 is 0 Å². The molecule has 1 N–H and O–H groups in total. The summed E-state index contributed by atoms with van der Waals surface area (Å²) in [7, 11) is 0. The van der Waals surface area contributed by atoms with Crippen LogP contribution in [0.25, 0.3) is 0 Å². The molecular formula is C19H31N. The Balaban J connectivity index is 2.23. The van der Waals surface area contributed by atoms with Crippen molar-refractivity contribution < 1.29 is 0 Å². The van der Waals surface area contributed by atoms with E-state index in [1.807, 2.05) is 0 Å². The predicted molar refractivity (Wildman–Crippen MR) is 88.1 cm³/mol. The molecule has 0 bridgehead atoms. The van der Waals surface area contributed by atoms with Crippen LogP contribution in [-0.4, -0.2) is 6.54 Å². The summed E-state index contributed by atoms with van der Waals surface area (Å²) in [6.07, 6.45) is 6.81. The van der Waals surface area contributed by atoms with Crippen LogP contribution in [-0.2, 0) is 0 Å². The fourth-order valence-electron chi connectivity index (χ4n) is 3.71. The standard InChI is InChI=1S/C19H31N/c1-5-11-20-19(17-8-6-7-14(2)12-17)18-13-15(3)9-10-16(18)4/h9-10,13-14,17,19-20H,5-8,11-12H2,1-4H3. The van der Waals surface area contributed by atoms with Crippen LogP contribution in [0.15, 0.2) is 18.2 Å². The second-order valence-electron chi connectivity index (χ2n) is 6.82. The molecule has 1 aliphatic rings. The summed E-state index contributed by atoms with van der Waals surface area (Å²) in [4.78, 5) is 0. The minimum absolute atomic E-state index is 0.553. The molecule has 0 aromatic heterocycles. The monoisotopic (exact) mass is 273 g/mol. The second-order valence-corrected chi connectivity index (χ2v) is 6.82. The van der Waals surface area contributed by atoms with Crippen LogP contribution in [0.1, 0.15) is 68.7 Å². The molecule has 0 heterocycles. The molecule has 1 saturated carbocycles. The van der Waals surface area contributed by atoms with E-state index in [-0.39, 0.29) is 0 Å². The van der Waals surface area contributed by atoms with Crippen LogP contribution in [0.3, 0.4) is 0 Å². The zero-order valence-corrected chi connectivity index (χ0v) is 13.7. The van der Waals surface area contributed by atoms with Gasteiger partial charge in [-0.25, -0.2) is 0 Å². The van der Waals surface area contributed by atoms with Crippen LogP contribution in [0.4, 0.5) is 0 Å². The second kappa shape index (κ2) is 7.26. The topological polar surface area (TPSA) is 12.0 Å². The van der Waals surface area contributed by atoms with Gasteiger partial charge in [-0.3, -0.25) is 0 Å². The first kappa shape index (κ1) is 15.6. The van der Waals surface area contributed by atoms with E-state index in [9.17, 15) is 0 Å². The summed E-state index contributed by atoms with van der Waals surface area (Å²) in [6, 6.07) is 7.48. The molecule has 3 unspecified atom stereocenters. The quantitative estimate of drug-likeness (QED) is 0.780. The molecule has 112 valence electrons. The Morgan fingerprint density at radius 1 is 1.25 bits per heavy atom. The fourth-order valence-corrected chi connectivity index (χ4v) is 3.71. The molecule has 0 spiro atoms. The van der Waals surface area contributed by atoms with E-state index in [0.29, 0.717) is 6.04 Å². The van der Waals surface area contributed by atoms with E-state index in [1.54, 1.807) is 0 Å². The summed E-state index contributed by atoms with van der Waals surface area (Å²) in [6.45, 7) is 10.3. The minimum atomic E-state index is 0.553. The molecule has 1 aliphatic carbocycles. The smallest absolute Gasteiger partial charge is 0.0351 e. The van der Waals surface area contributed by atoms with E-state index < -0.39 is 0 Å². The first-order valence-corrected chi connectivity index (χ1v) is 8.42. The lowest BCUT2D eigenvalue weighted by Gasteiger charge is -2.35. The van der Waals surface area contributed by atoms with Crippen LogP contribution in [0.2, 0.25) is 0 Å². The number of hydrogen-bond donors (Lipinski definition) is 1. The van der Waals surface area contributed by atoms with Crippen molar-refractivity contribution in [1.29, 1.82) is 0 Å². The number of rotatable bonds is 5. The molecule has 1 aromatic rings. The van der Waals surface area contributed by atoms with Crippen molar-refractivity contribution in [2.45, 2.75) is 65.8 Å². The summed E-state index contributed by atoms with van der Waals surface area (Å²) in [5, 5.41) is 3.84. The molecule has 0 amide bonds. The van der Waals surface area contributed by atoms with Crippen molar-refractivity contribution in [3.63, 3.8) is 0 Å². The Bertz CT molecular complexity index is 424. The maximum Gasteiger partial charge on any atom is 0.0351 e. The number of hydrogen-bond acceptors (Lipinski definition) is 1. The van der Waals surface area contributed by atoms with Crippen LogP contribution in [0.5, 0.6) is 0 Å². The zero-order chi connectivity index (χ0) is 14.5. The molecular weight excluding hydrogens is 242 g/mol. The SMILES string of the molecule is CCCNC(c1cc(C)ccc1C)C1CCCC(C)C1. The van der Waals surface area contributed by atoms with Gasteiger partial charge in [0.1, 0.15) is 0 Å². The maximum absolute atomic E-state index is 3.84. The first-order valence-electron chi connectivity index (χ1n) is 8.42. The van der Waals surface area contributed by atoms with Gasteiger partial charge in [0, 0.05) is 6.04 Å². The summed E-state index contributed by atoms with van der Waals surface area (Å²) < 4.78 is 0. The van der Waals surface area contributed by atoms with Crippen LogP contribution < -0.4 is 5.32 Å². The van der Waals surface area contributed by atoms with Gasteiger partial charge in [-0.15, -0.1) is 0 Å². The summed E-state index contributed by atoms with van der Waals surface area (Å²) >= 11 is 0. The van der Waals surface area contributed by atoms with Crippen molar-refractivity contribution in [3.8, 4) is 0 Å². The Morgan fingerprint density at radius 3 is 2.75 bits per heavy atom. The summed E-state index contributed by atoms with van der Waals surface area (Å²) in [5.41, 5.74) is 4.37. The predicted octanol–water partition coefficient (Wildman–Crippen LogP) is 5.17. The fraction of sp³-hybridized carbons (Fsp3) is 0.684. The third-order valence-electron chi connectivity index (χ3n) is 4.83. The molecule has 1 nitrogen and oxygen atoms in total. The van der Waals surface area contributed by atoms with Crippen molar-refractivity contribution in [1.82, 2.24) is 5.32 Å². The average molecular weight is 273 g/mol. The molecule has 1 aromatic carbocycles. The van der Waals surface area contributed by atoms with E-state index in [0.717, 1.165) is 18.4 Å². The van der Waals surface area contributed by atoms with Gasteiger partial charge in [-0.1, -0.05) is 50.5 Å². The first-order chi connectivity index (χ1) is 9.61. The zero-order valence-electron chi connectivity index (χ0n) is 13.7. The van der Waals surface area contributed by atoms with Gasteiger partial charge in [0.05, 0.1) is 0 Å². The lowest BCUT2D eigenvalue weighted by Crippen LogP contribution is -2.32. The van der Waals surface area contributed by atoms with Gasteiger partial charge >= 0.3 is 0 Å². The van der Waals surface area contributed by atoms with Gasteiger partial charge in [0.25, 0.3) is 0 Å². The summed E-state index contributed by atoms with van der Waals surface area (Å²) in [5.74, 6) is 1.70. The van der Waals surface area contributed by atoms with Crippen molar-refractivity contribution >= 4 is 0 Å². The lowest BCUT2D eigenvalue weighted by atomic mass is 9.76. The van der Waals surface area contributed by atoms with Crippen molar-refractivity contribution in [3.05, 3.63) is 34.9 Å². The highest BCUT2D eigenvalue weighted by atomic mass is 14.9. The highest BCUT2D eigenvalue weighted by Gasteiger charge is 2.28. The molecule has 20 heavy (non-hydrogen) atoms. The van der Waals surface area contributed by atoms with Crippen LogP contribution in [0, 0.1) is 25.7 Å². The number of nitrogens with one attached hydrogen (secondary N) is 1. The number of benzene rings is 1. The van der Waals surface area contributed by atoms with Gasteiger partial charge < -0.3 is 5.32 Å². The largest absolute Gasteiger partial charge is 0.310 e. The molecule has 3 atom stereocenters. The average Bonchev–Trinajstić information content (AvgIpc) is 2.43. The van der Waals surface area contributed by atoms with E-state index in [1.165, 1.54) is 48.8 Å². The van der Waals surface area contributed by atoms with E-state index in [4.69, 9.17) is 0 Å². The molecule has 1 heteroatoms. The molecule has 0 aliphatic heterocycles.